The molecular weight excluding hydrogens is 363 g/mol. The lowest BCUT2D eigenvalue weighted by Gasteiger charge is -2.03. The molecule has 0 spiro atoms. The summed E-state index contributed by atoms with van der Waals surface area (Å²) >= 11 is 6.12. The van der Waals surface area contributed by atoms with Gasteiger partial charge in [0, 0.05) is 29.4 Å². The SMILES string of the molecule is O=C1NC(=S)SC1=Cc1cc2cncc(-c3ccc(O)c(F)c3)c2o1. The molecule has 0 radical (unpaired) electrons. The number of carbonyl (C=O) groups excluding carboxylic acids is 1. The van der Waals surface area contributed by atoms with Gasteiger partial charge in [-0.15, -0.1) is 0 Å². The summed E-state index contributed by atoms with van der Waals surface area (Å²) in [5.41, 5.74) is 1.62. The number of fused-ring (bicyclic) bond motifs is 1. The number of nitrogens with zero attached hydrogens (tertiary/aromatic N) is 1. The number of benzene rings is 1. The summed E-state index contributed by atoms with van der Waals surface area (Å²) in [6.07, 6.45) is 4.77. The molecule has 1 aliphatic heterocycles. The van der Waals surface area contributed by atoms with Crippen molar-refractivity contribution in [1.82, 2.24) is 10.3 Å². The lowest BCUT2D eigenvalue weighted by molar-refractivity contribution is -0.115. The number of amides is 1. The van der Waals surface area contributed by atoms with Crippen LogP contribution in [0.15, 0.2) is 46.0 Å². The largest absolute Gasteiger partial charge is 0.505 e. The minimum Gasteiger partial charge on any atom is -0.505 e. The monoisotopic (exact) mass is 372 g/mol. The average molecular weight is 372 g/mol. The second kappa shape index (κ2) is 5.98. The van der Waals surface area contributed by atoms with E-state index in [9.17, 15) is 14.3 Å². The number of rotatable bonds is 2. The number of halogens is 1. The van der Waals surface area contributed by atoms with Gasteiger partial charge in [-0.2, -0.15) is 0 Å². The molecule has 1 saturated heterocycles. The Morgan fingerprint density at radius 1 is 1.32 bits per heavy atom. The minimum atomic E-state index is -0.726. The maximum atomic E-state index is 13.7. The number of phenols is 1. The molecule has 3 heterocycles. The van der Waals surface area contributed by atoms with Crippen LogP contribution in [0.1, 0.15) is 5.76 Å². The van der Waals surface area contributed by atoms with Crippen molar-refractivity contribution in [1.29, 1.82) is 0 Å². The normalized spacial score (nSPS) is 16.0. The summed E-state index contributed by atoms with van der Waals surface area (Å²) in [4.78, 5) is 16.3. The number of thioether (sulfide) groups is 1. The second-order valence-corrected chi connectivity index (χ2v) is 6.99. The fourth-order valence-corrected chi connectivity index (χ4v) is 3.51. The van der Waals surface area contributed by atoms with E-state index in [2.05, 4.69) is 10.3 Å². The maximum Gasteiger partial charge on any atom is 0.263 e. The van der Waals surface area contributed by atoms with Gasteiger partial charge in [-0.25, -0.2) is 4.39 Å². The Labute approximate surface area is 150 Å². The number of phenolic OH excluding ortho intramolecular Hbond substituents is 1. The summed E-state index contributed by atoms with van der Waals surface area (Å²) < 4.78 is 19.9. The Kier molecular flexibility index (Phi) is 3.78. The highest BCUT2D eigenvalue weighted by atomic mass is 32.2. The third-order valence-corrected chi connectivity index (χ3v) is 4.78. The van der Waals surface area contributed by atoms with Crippen LogP contribution in [0.3, 0.4) is 0 Å². The molecule has 0 bridgehead atoms. The first-order chi connectivity index (χ1) is 12.0. The highest BCUT2D eigenvalue weighted by Crippen LogP contribution is 2.34. The first kappa shape index (κ1) is 15.8. The molecule has 1 aromatic carbocycles. The number of hydrogen-bond donors (Lipinski definition) is 2. The first-order valence-corrected chi connectivity index (χ1v) is 8.35. The van der Waals surface area contributed by atoms with E-state index >= 15 is 0 Å². The number of hydrogen-bond acceptors (Lipinski definition) is 6. The van der Waals surface area contributed by atoms with Crippen LogP contribution < -0.4 is 5.32 Å². The predicted molar refractivity (Wildman–Crippen MR) is 97.4 cm³/mol. The zero-order chi connectivity index (χ0) is 17.6. The van der Waals surface area contributed by atoms with Crippen molar-refractivity contribution in [3.8, 4) is 16.9 Å². The molecule has 124 valence electrons. The van der Waals surface area contributed by atoms with Crippen molar-refractivity contribution in [2.24, 2.45) is 0 Å². The van der Waals surface area contributed by atoms with Gasteiger partial charge in [0.2, 0.25) is 0 Å². The predicted octanol–water partition coefficient (Wildman–Crippen LogP) is 3.83. The van der Waals surface area contributed by atoms with Gasteiger partial charge >= 0.3 is 0 Å². The fraction of sp³-hybridized carbons (Fsp3) is 0. The number of pyridine rings is 1. The Hall–Kier alpha value is -2.71. The fourth-order valence-electron chi connectivity index (χ4n) is 2.48. The van der Waals surface area contributed by atoms with Gasteiger partial charge in [0.25, 0.3) is 5.91 Å². The van der Waals surface area contributed by atoms with Crippen LogP contribution in [0.2, 0.25) is 0 Å². The lowest BCUT2D eigenvalue weighted by atomic mass is 10.1. The van der Waals surface area contributed by atoms with E-state index in [1.807, 2.05) is 0 Å². The Morgan fingerprint density at radius 2 is 2.16 bits per heavy atom. The van der Waals surface area contributed by atoms with Crippen LogP contribution in [0.25, 0.3) is 28.2 Å². The quantitative estimate of drug-likeness (QED) is 0.526. The molecule has 3 aromatic rings. The Morgan fingerprint density at radius 3 is 2.88 bits per heavy atom. The molecular formula is C17H9FN2O3S2. The highest BCUT2D eigenvalue weighted by molar-refractivity contribution is 8.26. The van der Waals surface area contributed by atoms with E-state index in [1.54, 1.807) is 30.6 Å². The molecule has 0 atom stereocenters. The number of aromatic hydroxyl groups is 1. The highest BCUT2D eigenvalue weighted by Gasteiger charge is 2.23. The zero-order valence-corrected chi connectivity index (χ0v) is 14.1. The number of furan rings is 1. The van der Waals surface area contributed by atoms with Crippen LogP contribution in [0.5, 0.6) is 5.75 Å². The average Bonchev–Trinajstić information content (AvgIpc) is 3.12. The number of thiocarbonyl (C=S) groups is 1. The van der Waals surface area contributed by atoms with Gasteiger partial charge in [-0.3, -0.25) is 9.78 Å². The molecule has 0 aliphatic carbocycles. The van der Waals surface area contributed by atoms with Crippen molar-refractivity contribution in [2.75, 3.05) is 0 Å². The summed E-state index contributed by atoms with van der Waals surface area (Å²) in [5, 5.41) is 12.6. The number of aromatic nitrogens is 1. The molecule has 4 rings (SSSR count). The van der Waals surface area contributed by atoms with E-state index in [0.29, 0.717) is 37.1 Å². The van der Waals surface area contributed by atoms with Gasteiger partial charge in [0.15, 0.2) is 11.6 Å². The molecule has 1 amide bonds. The summed E-state index contributed by atoms with van der Waals surface area (Å²) in [6.45, 7) is 0. The molecule has 25 heavy (non-hydrogen) atoms. The summed E-state index contributed by atoms with van der Waals surface area (Å²) in [7, 11) is 0. The van der Waals surface area contributed by atoms with Gasteiger partial charge in [-0.1, -0.05) is 30.0 Å². The van der Waals surface area contributed by atoms with Crippen LogP contribution in [-0.4, -0.2) is 20.3 Å². The van der Waals surface area contributed by atoms with Crippen LogP contribution in [0, 0.1) is 5.82 Å². The second-order valence-electron chi connectivity index (χ2n) is 5.27. The minimum absolute atomic E-state index is 0.269. The Bertz CT molecular complexity index is 1070. The van der Waals surface area contributed by atoms with Crippen molar-refractivity contribution in [3.63, 3.8) is 0 Å². The topological polar surface area (TPSA) is 75.4 Å². The van der Waals surface area contributed by atoms with Crippen LogP contribution in [-0.2, 0) is 4.79 Å². The summed E-state index contributed by atoms with van der Waals surface area (Å²) in [5.74, 6) is -0.954. The third kappa shape index (κ3) is 2.90. The van der Waals surface area contributed by atoms with Crippen molar-refractivity contribution in [2.45, 2.75) is 0 Å². The van der Waals surface area contributed by atoms with E-state index in [1.165, 1.54) is 12.1 Å². The van der Waals surface area contributed by atoms with E-state index in [4.69, 9.17) is 16.6 Å². The van der Waals surface area contributed by atoms with E-state index < -0.39 is 11.6 Å². The molecule has 8 heteroatoms. The van der Waals surface area contributed by atoms with Crippen LogP contribution in [0.4, 0.5) is 4.39 Å². The molecule has 1 aliphatic rings. The van der Waals surface area contributed by atoms with Crippen LogP contribution >= 0.6 is 24.0 Å². The molecule has 5 nitrogen and oxygen atoms in total. The number of nitrogens with one attached hydrogen (secondary N) is 1. The van der Waals surface area contributed by atoms with E-state index in [-0.39, 0.29) is 5.91 Å². The first-order valence-electron chi connectivity index (χ1n) is 7.12. The van der Waals surface area contributed by atoms with Gasteiger partial charge < -0.3 is 14.8 Å². The molecule has 2 aromatic heterocycles. The summed E-state index contributed by atoms with van der Waals surface area (Å²) in [6, 6.07) is 5.81. The standard InChI is InChI=1S/C17H9FN2O3S2/c18-12-4-8(1-2-13(12)21)11-7-19-6-9-3-10(23-15(9)11)5-14-16(22)20-17(24)25-14/h1-7,21H,(H,20,22,24). The molecule has 0 saturated carbocycles. The zero-order valence-electron chi connectivity index (χ0n) is 12.4. The van der Waals surface area contributed by atoms with Crippen molar-refractivity contribution >= 4 is 51.3 Å². The maximum absolute atomic E-state index is 13.7. The van der Waals surface area contributed by atoms with Crippen molar-refractivity contribution in [3.05, 3.63) is 53.1 Å². The molecule has 2 N–H and O–H groups in total. The van der Waals surface area contributed by atoms with E-state index in [0.717, 1.165) is 11.8 Å². The van der Waals surface area contributed by atoms with Gasteiger partial charge in [0.05, 0.1) is 4.91 Å². The third-order valence-electron chi connectivity index (χ3n) is 3.62. The Balaban J connectivity index is 1.81. The van der Waals surface area contributed by atoms with Gasteiger partial charge in [0.1, 0.15) is 15.7 Å². The lowest BCUT2D eigenvalue weighted by Crippen LogP contribution is -2.17. The smallest absolute Gasteiger partial charge is 0.263 e. The number of carbonyl (C=O) groups is 1. The molecule has 1 fully saturated rings. The van der Waals surface area contributed by atoms with Gasteiger partial charge in [-0.05, 0) is 23.8 Å². The van der Waals surface area contributed by atoms with Crippen molar-refractivity contribution < 1.29 is 18.7 Å². The molecule has 0 unspecified atom stereocenters.